The number of carbonyl (C=O) groups is 2. The van der Waals surface area contributed by atoms with Crippen molar-refractivity contribution < 1.29 is 41.0 Å². The van der Waals surface area contributed by atoms with Gasteiger partial charge in [-0.2, -0.15) is 0 Å². The van der Waals surface area contributed by atoms with Gasteiger partial charge in [-0.3, -0.25) is 9.59 Å². The summed E-state index contributed by atoms with van der Waals surface area (Å²) in [5.74, 6) is -6.67. The normalized spacial score (nSPS) is 27.9. The van der Waals surface area contributed by atoms with Crippen molar-refractivity contribution in [2.75, 3.05) is 18.5 Å². The number of carbonyl (C=O) groups excluding carboxylic acids is 2. The number of aliphatic hydroxyl groups is 1. The number of nitrogens with one attached hydrogen (secondary N) is 2. The summed E-state index contributed by atoms with van der Waals surface area (Å²) in [7, 11) is -4.07. The molecular weight excluding hydrogens is 573 g/mol. The van der Waals surface area contributed by atoms with Crippen molar-refractivity contribution in [2.24, 2.45) is 11.8 Å². The number of anilines is 1. The van der Waals surface area contributed by atoms with Crippen LogP contribution in [0.5, 0.6) is 0 Å². The maximum Gasteiger partial charge on any atom is 0.255 e. The number of amides is 2. The molecule has 216 valence electrons. The van der Waals surface area contributed by atoms with E-state index in [9.17, 15) is 36.3 Å². The van der Waals surface area contributed by atoms with Crippen LogP contribution in [0.2, 0.25) is 5.02 Å². The van der Waals surface area contributed by atoms with Crippen LogP contribution in [0, 0.1) is 29.3 Å². The Hall–Kier alpha value is -2.67. The van der Waals surface area contributed by atoms with Crippen LogP contribution in [0.3, 0.4) is 0 Å². The molecular formula is C27H28ClF3N2O6S. The van der Waals surface area contributed by atoms with Crippen molar-refractivity contribution >= 4 is 38.9 Å². The molecule has 1 heterocycles. The van der Waals surface area contributed by atoms with Crippen LogP contribution in [-0.4, -0.2) is 55.4 Å². The zero-order valence-corrected chi connectivity index (χ0v) is 22.8. The molecule has 8 nitrogen and oxygen atoms in total. The van der Waals surface area contributed by atoms with Gasteiger partial charge in [0.2, 0.25) is 5.91 Å². The van der Waals surface area contributed by atoms with E-state index in [1.54, 1.807) is 0 Å². The average Bonchev–Trinajstić information content (AvgIpc) is 3.41. The molecule has 40 heavy (non-hydrogen) atoms. The van der Waals surface area contributed by atoms with Crippen molar-refractivity contribution in [2.45, 2.75) is 60.3 Å². The van der Waals surface area contributed by atoms with Crippen LogP contribution in [0.1, 0.15) is 48.9 Å². The Bertz CT molecular complexity index is 1410. The van der Waals surface area contributed by atoms with Crippen LogP contribution >= 0.6 is 11.6 Å². The molecule has 3 aliphatic rings. The van der Waals surface area contributed by atoms with Gasteiger partial charge < -0.3 is 20.5 Å². The number of benzene rings is 2. The van der Waals surface area contributed by atoms with E-state index in [2.05, 4.69) is 10.6 Å². The molecule has 5 atom stereocenters. The minimum absolute atomic E-state index is 0.0989. The van der Waals surface area contributed by atoms with Gasteiger partial charge in [0.15, 0.2) is 27.3 Å². The Morgan fingerprint density at radius 3 is 2.30 bits per heavy atom. The molecule has 2 amide bonds. The first-order chi connectivity index (χ1) is 18.9. The van der Waals surface area contributed by atoms with Gasteiger partial charge in [0.05, 0.1) is 39.8 Å². The molecule has 1 saturated heterocycles. The van der Waals surface area contributed by atoms with Crippen LogP contribution < -0.4 is 10.6 Å². The summed E-state index contributed by atoms with van der Waals surface area (Å²) in [5, 5.41) is 15.6. The third-order valence-electron chi connectivity index (χ3n) is 8.29. The number of sulfone groups is 1. The van der Waals surface area contributed by atoms with Crippen molar-refractivity contribution in [3.8, 4) is 0 Å². The molecule has 3 fully saturated rings. The SMILES string of the molecule is O=C(CC1(O)C2CC[C@H]1CC(S(=O)(=O)c1cc(C(=O)Nc3cc(F)c(F)c(F)c3)ccc1Cl)C2)N[C@@H]1CCOC1. The maximum atomic E-state index is 13.7. The first-order valence-electron chi connectivity index (χ1n) is 13.0. The van der Waals surface area contributed by atoms with Crippen LogP contribution in [0.15, 0.2) is 35.2 Å². The molecule has 5 rings (SSSR count). The molecule has 2 aliphatic carbocycles. The third kappa shape index (κ3) is 5.46. The standard InChI is InChI=1S/C27H28ClF3N2O6S/c28-20-4-1-14(26(35)33-18-10-21(29)25(31)22(30)11-18)7-23(20)40(37,38)19-8-15-2-3-16(9-19)27(15,36)12-24(34)32-17-5-6-39-13-17/h1,4,7,10-11,15-17,19,36H,2-3,5-6,8-9,12-13H2,(H,32,34)(H,33,35)/t15-,16?,17+,19?,27?/m0/s1. The second kappa shape index (κ2) is 11.0. The van der Waals surface area contributed by atoms with E-state index in [1.165, 1.54) is 12.1 Å². The summed E-state index contributed by atoms with van der Waals surface area (Å²) in [6, 6.07) is 4.68. The zero-order valence-electron chi connectivity index (χ0n) is 21.3. The molecule has 2 aromatic rings. The number of rotatable bonds is 7. The predicted octanol–water partition coefficient (Wildman–Crippen LogP) is 4.00. The summed E-state index contributed by atoms with van der Waals surface area (Å²) < 4.78 is 73.1. The molecule has 0 aromatic heterocycles. The van der Waals surface area contributed by atoms with Gasteiger partial charge in [0, 0.05) is 30.0 Å². The lowest BCUT2D eigenvalue weighted by molar-refractivity contribution is -0.133. The van der Waals surface area contributed by atoms with Crippen LogP contribution in [-0.2, 0) is 19.4 Å². The number of fused-ring (bicyclic) bond motifs is 2. The van der Waals surface area contributed by atoms with E-state index in [1.807, 2.05) is 0 Å². The fourth-order valence-electron chi connectivity index (χ4n) is 6.21. The van der Waals surface area contributed by atoms with E-state index in [4.69, 9.17) is 16.3 Å². The van der Waals surface area contributed by atoms with Gasteiger partial charge in [-0.15, -0.1) is 0 Å². The summed E-state index contributed by atoms with van der Waals surface area (Å²) in [4.78, 5) is 25.1. The van der Waals surface area contributed by atoms with Crippen LogP contribution in [0.25, 0.3) is 0 Å². The molecule has 1 aliphatic heterocycles. The summed E-state index contributed by atoms with van der Waals surface area (Å²) in [5.41, 5.74) is -1.81. The van der Waals surface area contributed by atoms with Gasteiger partial charge in [-0.1, -0.05) is 11.6 Å². The van der Waals surface area contributed by atoms with Crippen molar-refractivity contribution in [1.82, 2.24) is 5.32 Å². The molecule has 0 spiro atoms. The Morgan fingerprint density at radius 2 is 1.70 bits per heavy atom. The highest BCUT2D eigenvalue weighted by atomic mass is 35.5. The second-order valence-electron chi connectivity index (χ2n) is 10.8. The Kier molecular flexibility index (Phi) is 7.90. The number of hydrogen-bond donors (Lipinski definition) is 3. The molecule has 13 heteroatoms. The lowest BCUT2D eigenvalue weighted by Gasteiger charge is -2.42. The number of hydrogen-bond acceptors (Lipinski definition) is 6. The largest absolute Gasteiger partial charge is 0.389 e. The first-order valence-corrected chi connectivity index (χ1v) is 14.9. The minimum Gasteiger partial charge on any atom is -0.389 e. The molecule has 2 saturated carbocycles. The van der Waals surface area contributed by atoms with Gasteiger partial charge in [-0.25, -0.2) is 21.6 Å². The Balaban J connectivity index is 1.32. The smallest absolute Gasteiger partial charge is 0.255 e. The highest BCUT2D eigenvalue weighted by Gasteiger charge is 2.56. The molecule has 3 N–H and O–H groups in total. The van der Waals surface area contributed by atoms with Gasteiger partial charge in [0.1, 0.15) is 0 Å². The average molecular weight is 601 g/mol. The minimum atomic E-state index is -4.07. The Labute approximate surface area is 234 Å². The predicted molar refractivity (Wildman–Crippen MR) is 139 cm³/mol. The van der Waals surface area contributed by atoms with E-state index < -0.39 is 55.9 Å². The quantitative estimate of drug-likeness (QED) is 0.413. The van der Waals surface area contributed by atoms with Gasteiger partial charge >= 0.3 is 0 Å². The highest BCUT2D eigenvalue weighted by Crippen LogP contribution is 2.53. The second-order valence-corrected chi connectivity index (χ2v) is 13.4. The molecule has 0 radical (unpaired) electrons. The molecule has 3 unspecified atom stereocenters. The summed E-state index contributed by atoms with van der Waals surface area (Å²) in [6.45, 7) is 0.988. The Morgan fingerprint density at radius 1 is 1.05 bits per heavy atom. The summed E-state index contributed by atoms with van der Waals surface area (Å²) >= 11 is 6.25. The van der Waals surface area contributed by atoms with Crippen LogP contribution in [0.4, 0.5) is 18.9 Å². The number of ether oxygens (including phenoxy) is 1. The van der Waals surface area contributed by atoms with E-state index >= 15 is 0 Å². The molecule has 2 bridgehead atoms. The fraction of sp³-hybridized carbons (Fsp3) is 0.481. The molecule has 2 aromatic carbocycles. The van der Waals surface area contributed by atoms with E-state index in [0.29, 0.717) is 44.6 Å². The van der Waals surface area contributed by atoms with E-state index in [0.717, 1.165) is 6.07 Å². The van der Waals surface area contributed by atoms with Crippen molar-refractivity contribution in [1.29, 1.82) is 0 Å². The number of halogens is 4. The zero-order chi connectivity index (χ0) is 28.8. The first kappa shape index (κ1) is 28.8. The van der Waals surface area contributed by atoms with Crippen molar-refractivity contribution in [3.63, 3.8) is 0 Å². The third-order valence-corrected chi connectivity index (χ3v) is 10.9. The lowest BCUT2D eigenvalue weighted by atomic mass is 9.72. The van der Waals surface area contributed by atoms with E-state index in [-0.39, 0.29) is 52.4 Å². The summed E-state index contributed by atoms with van der Waals surface area (Å²) in [6.07, 6.45) is 1.98. The highest BCUT2D eigenvalue weighted by molar-refractivity contribution is 7.92. The fourth-order valence-corrected chi connectivity index (χ4v) is 8.61. The van der Waals surface area contributed by atoms with Gasteiger partial charge in [-0.05, 0) is 62.1 Å². The monoisotopic (exact) mass is 600 g/mol. The van der Waals surface area contributed by atoms with Gasteiger partial charge in [0.25, 0.3) is 5.91 Å². The topological polar surface area (TPSA) is 122 Å². The maximum absolute atomic E-state index is 13.7. The van der Waals surface area contributed by atoms with Crippen molar-refractivity contribution in [3.05, 3.63) is 58.4 Å². The lowest BCUT2D eigenvalue weighted by Crippen LogP contribution is -2.51.